The molecule has 0 saturated carbocycles. The van der Waals surface area contributed by atoms with Gasteiger partial charge in [-0.25, -0.2) is 14.1 Å². The number of nitrogens with one attached hydrogen (secondary N) is 1. The summed E-state index contributed by atoms with van der Waals surface area (Å²) in [6.45, 7) is 1.53. The number of hydrogen-bond donors (Lipinski definition) is 1. The lowest BCUT2D eigenvalue weighted by Gasteiger charge is -2.13. The summed E-state index contributed by atoms with van der Waals surface area (Å²) in [5.41, 5.74) is 2.74. The van der Waals surface area contributed by atoms with E-state index in [0.29, 0.717) is 28.9 Å². The van der Waals surface area contributed by atoms with E-state index in [1.165, 1.54) is 24.3 Å². The van der Waals surface area contributed by atoms with E-state index in [9.17, 15) is 14.0 Å². The van der Waals surface area contributed by atoms with Gasteiger partial charge < -0.3 is 4.74 Å². The average Bonchev–Trinajstić information content (AvgIpc) is 2.63. The normalized spacial score (nSPS) is 10.6. The van der Waals surface area contributed by atoms with Crippen LogP contribution in [-0.4, -0.2) is 22.2 Å². The third-order valence-corrected chi connectivity index (χ3v) is 3.58. The summed E-state index contributed by atoms with van der Waals surface area (Å²) in [6.07, 6.45) is 0.471. The molecule has 0 unspecified atom stereocenters. The minimum absolute atomic E-state index is 0.311. The molecule has 1 aromatic heterocycles. The van der Waals surface area contributed by atoms with E-state index in [0.717, 1.165) is 4.68 Å². The number of carbonyl (C=O) groups excluding carboxylic acids is 1. The Morgan fingerprint density at radius 3 is 2.64 bits per heavy atom. The van der Waals surface area contributed by atoms with Crippen molar-refractivity contribution in [3.63, 3.8) is 0 Å². The Kier molecular flexibility index (Phi) is 4.74. The Morgan fingerprint density at radius 1 is 1.20 bits per heavy atom. The van der Waals surface area contributed by atoms with Crippen molar-refractivity contribution in [1.82, 2.24) is 9.66 Å². The van der Waals surface area contributed by atoms with Crippen molar-refractivity contribution in [3.8, 4) is 5.75 Å². The minimum atomic E-state index is -0.516. The molecule has 128 valence electrons. The van der Waals surface area contributed by atoms with Crippen LogP contribution in [0.1, 0.15) is 12.7 Å². The fourth-order valence-electron chi connectivity index (χ4n) is 2.37. The maximum atomic E-state index is 12.8. The third-order valence-electron chi connectivity index (χ3n) is 3.58. The number of aryl methyl sites for hydroxylation is 1. The molecule has 6 nitrogen and oxygen atoms in total. The van der Waals surface area contributed by atoms with Crippen molar-refractivity contribution in [2.75, 3.05) is 12.0 Å². The Balaban J connectivity index is 1.79. The first-order chi connectivity index (χ1) is 12.1. The lowest BCUT2D eigenvalue weighted by molar-refractivity contribution is -0.119. The largest absolute Gasteiger partial charge is 0.484 e. The summed E-state index contributed by atoms with van der Waals surface area (Å²) >= 11 is 0. The Hall–Kier alpha value is -3.22. The second kappa shape index (κ2) is 7.12. The van der Waals surface area contributed by atoms with Crippen molar-refractivity contribution in [3.05, 3.63) is 70.5 Å². The first-order valence-electron chi connectivity index (χ1n) is 7.77. The molecule has 1 heterocycles. The summed E-state index contributed by atoms with van der Waals surface area (Å²) in [7, 11) is 0. The molecule has 0 aliphatic heterocycles. The molecule has 1 N–H and O–H groups in total. The van der Waals surface area contributed by atoms with E-state index < -0.39 is 11.7 Å². The molecule has 0 aliphatic rings. The second-order valence-corrected chi connectivity index (χ2v) is 5.32. The molecule has 0 atom stereocenters. The van der Waals surface area contributed by atoms with E-state index in [2.05, 4.69) is 10.4 Å². The van der Waals surface area contributed by atoms with Crippen LogP contribution >= 0.6 is 0 Å². The Bertz CT molecular complexity index is 967. The van der Waals surface area contributed by atoms with Gasteiger partial charge in [-0.2, -0.15) is 0 Å². The summed E-state index contributed by atoms with van der Waals surface area (Å²) in [6, 6.07) is 12.3. The van der Waals surface area contributed by atoms with Gasteiger partial charge in [0.15, 0.2) is 6.61 Å². The number of rotatable bonds is 5. The number of para-hydroxylation sites is 1. The number of ether oxygens (including phenoxy) is 1. The highest BCUT2D eigenvalue weighted by Gasteiger charge is 2.12. The first kappa shape index (κ1) is 16.6. The Labute approximate surface area is 142 Å². The van der Waals surface area contributed by atoms with Gasteiger partial charge in [0.1, 0.15) is 17.4 Å². The van der Waals surface area contributed by atoms with Crippen LogP contribution in [0.3, 0.4) is 0 Å². The van der Waals surface area contributed by atoms with Gasteiger partial charge in [0.25, 0.3) is 11.5 Å². The maximum Gasteiger partial charge on any atom is 0.280 e. The van der Waals surface area contributed by atoms with Gasteiger partial charge in [-0.05, 0) is 36.4 Å². The van der Waals surface area contributed by atoms with E-state index in [-0.39, 0.29) is 12.2 Å². The molecule has 7 heteroatoms. The van der Waals surface area contributed by atoms with Crippen molar-refractivity contribution < 1.29 is 13.9 Å². The smallest absolute Gasteiger partial charge is 0.280 e. The SMILES string of the molecule is CCc1nc2ccccc2c(=O)n1NC(=O)COc1ccc(F)cc1. The number of nitrogens with zero attached hydrogens (tertiary/aromatic N) is 2. The Morgan fingerprint density at radius 2 is 1.92 bits per heavy atom. The summed E-state index contributed by atoms with van der Waals surface area (Å²) < 4.78 is 19.3. The van der Waals surface area contributed by atoms with E-state index >= 15 is 0 Å². The van der Waals surface area contributed by atoms with E-state index in [4.69, 9.17) is 4.74 Å². The van der Waals surface area contributed by atoms with Gasteiger partial charge in [-0.15, -0.1) is 0 Å². The number of amides is 1. The van der Waals surface area contributed by atoms with E-state index in [1.54, 1.807) is 24.3 Å². The van der Waals surface area contributed by atoms with Crippen molar-refractivity contribution in [1.29, 1.82) is 0 Å². The van der Waals surface area contributed by atoms with Crippen LogP contribution in [0.25, 0.3) is 10.9 Å². The van der Waals surface area contributed by atoms with Gasteiger partial charge in [0, 0.05) is 6.42 Å². The molecule has 0 aliphatic carbocycles. The molecule has 3 rings (SSSR count). The van der Waals surface area contributed by atoms with Gasteiger partial charge >= 0.3 is 0 Å². The quantitative estimate of drug-likeness (QED) is 0.772. The number of benzene rings is 2. The van der Waals surface area contributed by atoms with Crippen LogP contribution in [0, 0.1) is 5.82 Å². The zero-order chi connectivity index (χ0) is 17.8. The average molecular weight is 341 g/mol. The van der Waals surface area contributed by atoms with Gasteiger partial charge in [-0.1, -0.05) is 19.1 Å². The van der Waals surface area contributed by atoms with Crippen molar-refractivity contribution >= 4 is 16.8 Å². The lowest BCUT2D eigenvalue weighted by Crippen LogP contribution is -2.38. The molecule has 0 saturated heterocycles. The molecule has 0 fully saturated rings. The topological polar surface area (TPSA) is 73.2 Å². The summed E-state index contributed by atoms with van der Waals surface area (Å²) in [5.74, 6) is -0.105. The van der Waals surface area contributed by atoms with Gasteiger partial charge in [0.05, 0.1) is 10.9 Å². The molecule has 0 spiro atoms. The highest BCUT2D eigenvalue weighted by molar-refractivity contribution is 5.86. The van der Waals surface area contributed by atoms with Crippen molar-refractivity contribution in [2.45, 2.75) is 13.3 Å². The second-order valence-electron chi connectivity index (χ2n) is 5.32. The monoisotopic (exact) mass is 341 g/mol. The van der Waals surface area contributed by atoms with E-state index in [1.807, 2.05) is 6.92 Å². The van der Waals surface area contributed by atoms with Gasteiger partial charge in [0.2, 0.25) is 0 Å². The highest BCUT2D eigenvalue weighted by Crippen LogP contribution is 2.11. The summed E-state index contributed by atoms with van der Waals surface area (Å²) in [5, 5.41) is 0.416. The number of aromatic nitrogens is 2. The fourth-order valence-corrected chi connectivity index (χ4v) is 2.37. The molecular weight excluding hydrogens is 325 g/mol. The summed E-state index contributed by atoms with van der Waals surface area (Å²) in [4.78, 5) is 29.1. The predicted octanol–water partition coefficient (Wildman–Crippen LogP) is 2.25. The lowest BCUT2D eigenvalue weighted by atomic mass is 10.2. The number of hydrogen-bond acceptors (Lipinski definition) is 4. The van der Waals surface area contributed by atoms with Crippen LogP contribution in [0.15, 0.2) is 53.3 Å². The van der Waals surface area contributed by atoms with Gasteiger partial charge in [-0.3, -0.25) is 15.0 Å². The number of carbonyl (C=O) groups is 1. The van der Waals surface area contributed by atoms with Crippen LogP contribution < -0.4 is 15.7 Å². The van der Waals surface area contributed by atoms with Crippen molar-refractivity contribution in [2.24, 2.45) is 0 Å². The molecule has 25 heavy (non-hydrogen) atoms. The zero-order valence-corrected chi connectivity index (χ0v) is 13.5. The minimum Gasteiger partial charge on any atom is -0.484 e. The number of halogens is 1. The highest BCUT2D eigenvalue weighted by atomic mass is 19.1. The van der Waals surface area contributed by atoms with Crippen LogP contribution in [0.2, 0.25) is 0 Å². The molecular formula is C18H16FN3O3. The number of fused-ring (bicyclic) bond motifs is 1. The third kappa shape index (κ3) is 3.65. The maximum absolute atomic E-state index is 12.8. The standard InChI is InChI=1S/C18H16FN3O3/c1-2-16-20-15-6-4-3-5-14(15)18(24)22(16)21-17(23)11-25-13-9-7-12(19)8-10-13/h3-10H,2,11H2,1H3,(H,21,23). The van der Waals surface area contributed by atoms with Crippen LogP contribution in [0.4, 0.5) is 4.39 Å². The van der Waals surface area contributed by atoms with Crippen LogP contribution in [0.5, 0.6) is 5.75 Å². The molecule has 0 bridgehead atoms. The molecule has 0 radical (unpaired) electrons. The zero-order valence-electron chi connectivity index (χ0n) is 13.5. The van der Waals surface area contributed by atoms with Crippen LogP contribution in [-0.2, 0) is 11.2 Å². The predicted molar refractivity (Wildman–Crippen MR) is 91.6 cm³/mol. The molecule has 3 aromatic rings. The fraction of sp³-hybridized carbons (Fsp3) is 0.167. The molecule has 2 aromatic carbocycles. The molecule has 1 amide bonds. The first-order valence-corrected chi connectivity index (χ1v) is 7.77.